The van der Waals surface area contributed by atoms with E-state index in [0.29, 0.717) is 0 Å². The third-order valence-electron chi connectivity index (χ3n) is 3.57. The fourth-order valence-corrected chi connectivity index (χ4v) is 2.92. The molecule has 1 unspecified atom stereocenters. The molecular formula is C16H21BrClN3. The zero-order valence-corrected chi connectivity index (χ0v) is 15.0. The van der Waals surface area contributed by atoms with Crippen LogP contribution in [0, 0.1) is 6.92 Å². The molecule has 0 radical (unpaired) electrons. The number of nitrogens with zero attached hydrogens (tertiary/aromatic N) is 2. The number of aromatic nitrogens is 2. The molecule has 0 bridgehead atoms. The molecule has 1 aromatic carbocycles. The number of halogens is 2. The number of nitrogens with one attached hydrogen (secondary N) is 1. The molecule has 2 rings (SSSR count). The minimum Gasteiger partial charge on any atom is -0.310 e. The van der Waals surface area contributed by atoms with Crippen molar-refractivity contribution in [1.82, 2.24) is 15.1 Å². The van der Waals surface area contributed by atoms with Crippen LogP contribution in [0.4, 0.5) is 0 Å². The molecule has 0 saturated carbocycles. The third kappa shape index (κ3) is 4.09. The lowest BCUT2D eigenvalue weighted by Crippen LogP contribution is -2.25. The van der Waals surface area contributed by atoms with Gasteiger partial charge in [-0.3, -0.25) is 4.68 Å². The predicted molar refractivity (Wildman–Crippen MR) is 91.8 cm³/mol. The minimum atomic E-state index is 0.241. The average molecular weight is 371 g/mol. The van der Waals surface area contributed by atoms with E-state index in [4.69, 9.17) is 11.6 Å². The van der Waals surface area contributed by atoms with E-state index >= 15 is 0 Å². The van der Waals surface area contributed by atoms with E-state index in [2.05, 4.69) is 57.5 Å². The first-order valence-electron chi connectivity index (χ1n) is 7.19. The Kier molecular flexibility index (Phi) is 5.85. The van der Waals surface area contributed by atoms with Crippen LogP contribution in [0.25, 0.3) is 0 Å². The lowest BCUT2D eigenvalue weighted by Gasteiger charge is -2.19. The Morgan fingerprint density at radius 1 is 1.33 bits per heavy atom. The van der Waals surface area contributed by atoms with Gasteiger partial charge in [-0.05, 0) is 37.6 Å². The second-order valence-corrected chi connectivity index (χ2v) is 6.53. The molecule has 21 heavy (non-hydrogen) atoms. The van der Waals surface area contributed by atoms with Crippen molar-refractivity contribution in [2.45, 2.75) is 32.7 Å². The molecule has 2 aromatic rings. The Morgan fingerprint density at radius 3 is 2.52 bits per heavy atom. The monoisotopic (exact) mass is 369 g/mol. The third-order valence-corrected chi connectivity index (χ3v) is 4.59. The molecule has 1 atom stereocenters. The maximum Gasteiger partial charge on any atom is 0.0847 e. The van der Waals surface area contributed by atoms with Crippen LogP contribution in [0.3, 0.4) is 0 Å². The topological polar surface area (TPSA) is 29.9 Å². The summed E-state index contributed by atoms with van der Waals surface area (Å²) in [6, 6.07) is 8.69. The summed E-state index contributed by atoms with van der Waals surface area (Å²) in [6.45, 7) is 5.10. The van der Waals surface area contributed by atoms with Gasteiger partial charge in [-0.2, -0.15) is 5.10 Å². The van der Waals surface area contributed by atoms with Crippen molar-refractivity contribution in [1.29, 1.82) is 0 Å². The molecule has 5 heteroatoms. The highest BCUT2D eigenvalue weighted by atomic mass is 79.9. The van der Waals surface area contributed by atoms with Gasteiger partial charge in [-0.1, -0.05) is 46.6 Å². The summed E-state index contributed by atoms with van der Waals surface area (Å²) in [5.74, 6) is 0. The summed E-state index contributed by atoms with van der Waals surface area (Å²) < 4.78 is 2.98. The van der Waals surface area contributed by atoms with Crippen molar-refractivity contribution in [2.75, 3.05) is 6.54 Å². The normalized spacial score (nSPS) is 12.6. The number of hydrogen-bond acceptors (Lipinski definition) is 2. The van der Waals surface area contributed by atoms with Crippen LogP contribution >= 0.6 is 27.5 Å². The van der Waals surface area contributed by atoms with E-state index in [1.165, 1.54) is 5.56 Å². The first kappa shape index (κ1) is 16.5. The molecule has 0 aliphatic heterocycles. The lowest BCUT2D eigenvalue weighted by atomic mass is 10.0. The van der Waals surface area contributed by atoms with Crippen molar-refractivity contribution >= 4 is 27.5 Å². The van der Waals surface area contributed by atoms with Crippen molar-refractivity contribution < 1.29 is 0 Å². The van der Waals surface area contributed by atoms with Gasteiger partial charge in [0.25, 0.3) is 0 Å². The van der Waals surface area contributed by atoms with E-state index in [0.717, 1.165) is 40.3 Å². The summed E-state index contributed by atoms with van der Waals surface area (Å²) >= 11 is 9.87. The number of rotatable bonds is 6. The van der Waals surface area contributed by atoms with E-state index in [1.807, 2.05) is 18.7 Å². The Bertz CT molecular complexity index is 592. The highest BCUT2D eigenvalue weighted by molar-refractivity contribution is 9.10. The van der Waals surface area contributed by atoms with Crippen LogP contribution in [0.1, 0.15) is 36.3 Å². The average Bonchev–Trinajstić information content (AvgIpc) is 2.70. The molecule has 0 amide bonds. The van der Waals surface area contributed by atoms with E-state index in [9.17, 15) is 0 Å². The zero-order valence-electron chi connectivity index (χ0n) is 12.7. The quantitative estimate of drug-likeness (QED) is 0.815. The minimum absolute atomic E-state index is 0.241. The molecule has 0 fully saturated rings. The van der Waals surface area contributed by atoms with Crippen molar-refractivity contribution in [3.63, 3.8) is 0 Å². The molecule has 0 spiro atoms. The number of hydrogen-bond donors (Lipinski definition) is 1. The van der Waals surface area contributed by atoms with Gasteiger partial charge in [0.1, 0.15) is 0 Å². The fraction of sp³-hybridized carbons (Fsp3) is 0.438. The zero-order chi connectivity index (χ0) is 15.4. The first-order valence-corrected chi connectivity index (χ1v) is 8.36. The van der Waals surface area contributed by atoms with Gasteiger partial charge in [0.15, 0.2) is 0 Å². The molecule has 1 N–H and O–H groups in total. The SMILES string of the molecule is CCCNC(Cc1c(Cl)c(C)nn1C)c1ccc(Br)cc1. The summed E-state index contributed by atoms with van der Waals surface area (Å²) in [6.07, 6.45) is 1.93. The van der Waals surface area contributed by atoms with Crippen LogP contribution in [0.5, 0.6) is 0 Å². The number of benzene rings is 1. The van der Waals surface area contributed by atoms with Gasteiger partial charge in [0.05, 0.1) is 16.4 Å². The van der Waals surface area contributed by atoms with Gasteiger partial charge in [0, 0.05) is 24.0 Å². The van der Waals surface area contributed by atoms with Crippen LogP contribution in [-0.4, -0.2) is 16.3 Å². The van der Waals surface area contributed by atoms with Gasteiger partial charge in [0.2, 0.25) is 0 Å². The summed E-state index contributed by atoms with van der Waals surface area (Å²) in [7, 11) is 1.95. The largest absolute Gasteiger partial charge is 0.310 e. The number of aryl methyl sites for hydroxylation is 2. The maximum absolute atomic E-state index is 6.39. The lowest BCUT2D eigenvalue weighted by molar-refractivity contribution is 0.512. The Morgan fingerprint density at radius 2 is 2.00 bits per heavy atom. The molecule has 0 aliphatic carbocycles. The highest BCUT2D eigenvalue weighted by Crippen LogP contribution is 2.26. The van der Waals surface area contributed by atoms with Crippen molar-refractivity contribution in [2.24, 2.45) is 7.05 Å². The van der Waals surface area contributed by atoms with E-state index in [-0.39, 0.29) is 6.04 Å². The summed E-state index contributed by atoms with van der Waals surface area (Å²) in [5.41, 5.74) is 3.23. The van der Waals surface area contributed by atoms with Crippen molar-refractivity contribution in [3.05, 3.63) is 50.7 Å². The van der Waals surface area contributed by atoms with Gasteiger partial charge in [-0.15, -0.1) is 0 Å². The van der Waals surface area contributed by atoms with Gasteiger partial charge >= 0.3 is 0 Å². The van der Waals surface area contributed by atoms with Crippen LogP contribution in [0.15, 0.2) is 28.7 Å². The molecule has 1 heterocycles. The second-order valence-electron chi connectivity index (χ2n) is 5.23. The summed E-state index contributed by atoms with van der Waals surface area (Å²) in [5, 5.41) is 8.78. The molecule has 3 nitrogen and oxygen atoms in total. The highest BCUT2D eigenvalue weighted by Gasteiger charge is 2.18. The Balaban J connectivity index is 2.25. The van der Waals surface area contributed by atoms with Gasteiger partial charge in [-0.25, -0.2) is 0 Å². The first-order chi connectivity index (χ1) is 10.0. The smallest absolute Gasteiger partial charge is 0.0847 e. The van der Waals surface area contributed by atoms with Crippen molar-refractivity contribution in [3.8, 4) is 0 Å². The van der Waals surface area contributed by atoms with Crippen LogP contribution in [0.2, 0.25) is 5.02 Å². The van der Waals surface area contributed by atoms with E-state index < -0.39 is 0 Å². The standard InChI is InChI=1S/C16H21BrClN3/c1-4-9-19-14(12-5-7-13(17)8-6-12)10-15-16(18)11(2)20-21(15)3/h5-8,14,19H,4,9-10H2,1-3H3. The fourth-order valence-electron chi connectivity index (χ4n) is 2.42. The van der Waals surface area contributed by atoms with E-state index in [1.54, 1.807) is 0 Å². The Hall–Kier alpha value is -0.840. The molecule has 0 saturated heterocycles. The van der Waals surface area contributed by atoms with Crippen LogP contribution in [-0.2, 0) is 13.5 Å². The second kappa shape index (κ2) is 7.43. The summed E-state index contributed by atoms with van der Waals surface area (Å²) in [4.78, 5) is 0. The molecule has 1 aromatic heterocycles. The molecular weight excluding hydrogens is 350 g/mol. The maximum atomic E-state index is 6.39. The molecule has 0 aliphatic rings. The van der Waals surface area contributed by atoms with Crippen LogP contribution < -0.4 is 5.32 Å². The predicted octanol–water partition coefficient (Wildman–Crippen LogP) is 4.43. The van der Waals surface area contributed by atoms with Gasteiger partial charge < -0.3 is 5.32 Å². The molecule has 114 valence electrons. The Labute approximate surface area is 139 Å².